The van der Waals surface area contributed by atoms with Gasteiger partial charge in [0.05, 0.1) is 15.6 Å². The normalized spacial score (nSPS) is 19.7. The number of benzene rings is 2. The topological polar surface area (TPSA) is 102 Å². The van der Waals surface area contributed by atoms with Crippen molar-refractivity contribution < 1.29 is 19.8 Å². The summed E-state index contributed by atoms with van der Waals surface area (Å²) in [5, 5.41) is 25.2. The van der Waals surface area contributed by atoms with E-state index in [0.29, 0.717) is 33.7 Å². The van der Waals surface area contributed by atoms with E-state index in [1.165, 1.54) is 29.2 Å². The van der Waals surface area contributed by atoms with E-state index in [1.54, 1.807) is 6.07 Å². The number of hydrogen-bond donors (Lipinski definition) is 2. The second kappa shape index (κ2) is 6.71. The Hall–Kier alpha value is -2.42. The average Bonchev–Trinajstić information content (AvgIpc) is 3.29. The standard InChI is InChI=1S/C18H14N2O4S2/c21-7-9-5-10(16-20-13(8-25-16)18(23)24)15(22)11(6-9)17-19-12-3-1-2-4-14(12)26-17/h1-7,13,16,20,22H,8H2,(H,23,24)/p-1/t13?,16-/m1/s1. The number of carboxylic acids is 1. The first-order valence-electron chi connectivity index (χ1n) is 7.83. The summed E-state index contributed by atoms with van der Waals surface area (Å²) in [7, 11) is 0. The number of nitrogens with zero attached hydrogens (tertiary/aromatic N) is 1. The molecule has 6 nitrogen and oxygen atoms in total. The van der Waals surface area contributed by atoms with Crippen molar-refractivity contribution in [1.29, 1.82) is 0 Å². The van der Waals surface area contributed by atoms with Gasteiger partial charge in [-0.25, -0.2) is 4.98 Å². The van der Waals surface area contributed by atoms with Crippen LogP contribution in [0.5, 0.6) is 5.75 Å². The average molecular weight is 385 g/mol. The largest absolute Gasteiger partial charge is 0.872 e. The van der Waals surface area contributed by atoms with Gasteiger partial charge in [-0.3, -0.25) is 14.9 Å². The van der Waals surface area contributed by atoms with Crippen LogP contribution < -0.4 is 10.4 Å². The molecule has 2 aromatic carbocycles. The van der Waals surface area contributed by atoms with Gasteiger partial charge in [0.1, 0.15) is 17.3 Å². The highest BCUT2D eigenvalue weighted by molar-refractivity contribution is 7.99. The summed E-state index contributed by atoms with van der Waals surface area (Å²) < 4.78 is 0.958. The molecule has 1 aliphatic heterocycles. The van der Waals surface area contributed by atoms with Crippen molar-refractivity contribution in [2.24, 2.45) is 0 Å². The van der Waals surface area contributed by atoms with E-state index in [-0.39, 0.29) is 5.75 Å². The molecule has 1 fully saturated rings. The van der Waals surface area contributed by atoms with Gasteiger partial charge in [-0.2, -0.15) is 0 Å². The SMILES string of the molecule is O=Cc1cc(-c2nc3ccccc3s2)c([O-])c([C@@H]2NC(C(=O)O)CS2)c1. The number of fused-ring (bicyclic) bond motifs is 1. The van der Waals surface area contributed by atoms with Crippen LogP contribution in [0.3, 0.4) is 0 Å². The van der Waals surface area contributed by atoms with Crippen molar-refractivity contribution >= 4 is 45.6 Å². The van der Waals surface area contributed by atoms with E-state index in [4.69, 9.17) is 5.11 Å². The van der Waals surface area contributed by atoms with Crippen LogP contribution in [0.2, 0.25) is 0 Å². The molecule has 26 heavy (non-hydrogen) atoms. The Kier molecular flexibility index (Phi) is 4.39. The number of carbonyl (C=O) groups excluding carboxylic acids is 1. The summed E-state index contributed by atoms with van der Waals surface area (Å²) in [6.45, 7) is 0. The zero-order chi connectivity index (χ0) is 18.3. The lowest BCUT2D eigenvalue weighted by Crippen LogP contribution is -2.33. The highest BCUT2D eigenvalue weighted by Crippen LogP contribution is 2.42. The predicted octanol–water partition coefficient (Wildman–Crippen LogP) is 2.64. The number of aliphatic carboxylic acids is 1. The molecule has 1 unspecified atom stereocenters. The minimum absolute atomic E-state index is 0.231. The first-order chi connectivity index (χ1) is 12.6. The summed E-state index contributed by atoms with van der Waals surface area (Å²) in [6, 6.07) is 9.94. The van der Waals surface area contributed by atoms with Gasteiger partial charge in [-0.05, 0) is 29.8 Å². The quantitative estimate of drug-likeness (QED) is 0.666. The highest BCUT2D eigenvalue weighted by Gasteiger charge is 2.31. The molecule has 4 rings (SSSR count). The second-order valence-corrected chi connectivity index (χ2v) is 8.03. The molecule has 1 saturated heterocycles. The maximum Gasteiger partial charge on any atom is 0.321 e. The van der Waals surface area contributed by atoms with Crippen molar-refractivity contribution in [3.63, 3.8) is 0 Å². The molecule has 1 aliphatic rings. The fraction of sp³-hybridized carbons (Fsp3) is 0.167. The molecule has 0 amide bonds. The van der Waals surface area contributed by atoms with Gasteiger partial charge in [0.25, 0.3) is 0 Å². The Morgan fingerprint density at radius 2 is 2.15 bits per heavy atom. The van der Waals surface area contributed by atoms with Gasteiger partial charge in [-0.15, -0.1) is 23.1 Å². The Labute approximate surface area is 156 Å². The van der Waals surface area contributed by atoms with Crippen molar-refractivity contribution in [3.8, 4) is 16.3 Å². The van der Waals surface area contributed by atoms with Crippen LogP contribution in [-0.2, 0) is 4.79 Å². The number of para-hydroxylation sites is 1. The van der Waals surface area contributed by atoms with Crippen LogP contribution in [0.4, 0.5) is 0 Å². The van der Waals surface area contributed by atoms with Crippen molar-refractivity contribution in [1.82, 2.24) is 10.3 Å². The third-order valence-electron chi connectivity index (χ3n) is 4.16. The molecule has 132 valence electrons. The van der Waals surface area contributed by atoms with E-state index in [0.717, 1.165) is 10.2 Å². The zero-order valence-electron chi connectivity index (χ0n) is 13.3. The summed E-state index contributed by atoms with van der Waals surface area (Å²) >= 11 is 2.74. The maximum atomic E-state index is 13.0. The Morgan fingerprint density at radius 3 is 2.85 bits per heavy atom. The number of carbonyl (C=O) groups is 2. The number of hydrogen-bond acceptors (Lipinski definition) is 7. The van der Waals surface area contributed by atoms with Crippen LogP contribution in [0, 0.1) is 0 Å². The Morgan fingerprint density at radius 1 is 1.35 bits per heavy atom. The number of thiazole rings is 1. The van der Waals surface area contributed by atoms with E-state index >= 15 is 0 Å². The van der Waals surface area contributed by atoms with Crippen LogP contribution in [0.25, 0.3) is 20.8 Å². The van der Waals surface area contributed by atoms with Crippen LogP contribution in [0.15, 0.2) is 36.4 Å². The number of rotatable bonds is 4. The minimum Gasteiger partial charge on any atom is -0.872 e. The van der Waals surface area contributed by atoms with Gasteiger partial charge in [0.15, 0.2) is 0 Å². The fourth-order valence-corrected chi connectivity index (χ4v) is 5.09. The van der Waals surface area contributed by atoms with Gasteiger partial charge in [0.2, 0.25) is 0 Å². The van der Waals surface area contributed by atoms with Gasteiger partial charge in [-0.1, -0.05) is 17.9 Å². The van der Waals surface area contributed by atoms with Crippen LogP contribution >= 0.6 is 23.1 Å². The summed E-state index contributed by atoms with van der Waals surface area (Å²) in [5.74, 6) is -0.822. The number of aldehydes is 1. The van der Waals surface area contributed by atoms with Gasteiger partial charge in [0, 0.05) is 16.9 Å². The highest BCUT2D eigenvalue weighted by atomic mass is 32.2. The molecule has 0 aliphatic carbocycles. The molecular weight excluding hydrogens is 372 g/mol. The van der Waals surface area contributed by atoms with E-state index in [9.17, 15) is 14.7 Å². The summed E-state index contributed by atoms with van der Waals surface area (Å²) in [5.41, 5.74) is 1.92. The molecule has 2 N–H and O–H groups in total. The smallest absolute Gasteiger partial charge is 0.321 e. The molecule has 2 atom stereocenters. The van der Waals surface area contributed by atoms with Crippen molar-refractivity contribution in [2.75, 3.05) is 5.75 Å². The summed E-state index contributed by atoms with van der Waals surface area (Å²) in [6.07, 6.45) is 0.689. The fourth-order valence-electron chi connectivity index (χ4n) is 2.88. The third kappa shape index (κ3) is 2.96. The van der Waals surface area contributed by atoms with Crippen molar-refractivity contribution in [2.45, 2.75) is 11.4 Å². The molecule has 0 saturated carbocycles. The van der Waals surface area contributed by atoms with Crippen LogP contribution in [0.1, 0.15) is 21.3 Å². The zero-order valence-corrected chi connectivity index (χ0v) is 15.0. The molecular formula is C18H13N2O4S2-. The molecule has 2 heterocycles. The monoisotopic (exact) mass is 385 g/mol. The number of thioether (sulfide) groups is 1. The van der Waals surface area contributed by atoms with E-state index < -0.39 is 17.4 Å². The van der Waals surface area contributed by atoms with Gasteiger partial charge < -0.3 is 10.2 Å². The molecule has 0 spiro atoms. The lowest BCUT2D eigenvalue weighted by molar-refractivity contribution is -0.268. The molecule has 0 bridgehead atoms. The number of carboxylic acid groups (broad SMARTS) is 1. The second-order valence-electron chi connectivity index (χ2n) is 5.86. The lowest BCUT2D eigenvalue weighted by atomic mass is 10.0. The van der Waals surface area contributed by atoms with Gasteiger partial charge >= 0.3 is 5.97 Å². The summed E-state index contributed by atoms with van der Waals surface area (Å²) in [4.78, 5) is 27.0. The molecule has 0 radical (unpaired) electrons. The van der Waals surface area contributed by atoms with Crippen LogP contribution in [-0.4, -0.2) is 34.1 Å². The third-order valence-corrected chi connectivity index (χ3v) is 6.48. The molecule has 1 aromatic heterocycles. The lowest BCUT2D eigenvalue weighted by Gasteiger charge is -2.22. The molecule has 8 heteroatoms. The predicted molar refractivity (Wildman–Crippen MR) is 99.6 cm³/mol. The first-order valence-corrected chi connectivity index (χ1v) is 9.70. The maximum absolute atomic E-state index is 13.0. The van der Waals surface area contributed by atoms with E-state index in [1.807, 2.05) is 24.3 Å². The number of aromatic nitrogens is 1. The number of nitrogens with one attached hydrogen (secondary N) is 1. The van der Waals surface area contributed by atoms with Crippen molar-refractivity contribution in [3.05, 3.63) is 47.5 Å². The first kappa shape index (κ1) is 17.0. The van der Waals surface area contributed by atoms with E-state index in [2.05, 4.69) is 10.3 Å². The minimum atomic E-state index is -0.953. The molecule has 3 aromatic rings. The Bertz CT molecular complexity index is 985. The Balaban J connectivity index is 1.80.